The van der Waals surface area contributed by atoms with Crippen LogP contribution in [0.2, 0.25) is 0 Å². The van der Waals surface area contributed by atoms with E-state index in [9.17, 15) is 4.79 Å². The number of aliphatic hydroxyl groups excluding tert-OH is 1. The van der Waals surface area contributed by atoms with E-state index in [1.807, 2.05) is 13.8 Å². The summed E-state index contributed by atoms with van der Waals surface area (Å²) in [6, 6.07) is 0. The van der Waals surface area contributed by atoms with E-state index < -0.39 is 0 Å². The van der Waals surface area contributed by atoms with E-state index in [2.05, 4.69) is 22.2 Å². The number of nitrogens with one attached hydrogen (secondary N) is 2. The van der Waals surface area contributed by atoms with Gasteiger partial charge in [0, 0.05) is 11.5 Å². The zero-order valence-corrected chi connectivity index (χ0v) is 12.9. The van der Waals surface area contributed by atoms with Gasteiger partial charge >= 0.3 is 0 Å². The number of hydrogen-bond acceptors (Lipinski definition) is 5. The van der Waals surface area contributed by atoms with Crippen molar-refractivity contribution in [3.63, 3.8) is 0 Å². The van der Waals surface area contributed by atoms with Crippen LogP contribution < -0.4 is 10.9 Å². The molecule has 0 saturated heterocycles. The summed E-state index contributed by atoms with van der Waals surface area (Å²) in [5, 5.41) is 12.8. The second-order valence-electron chi connectivity index (χ2n) is 5.22. The number of rotatable bonds is 6. The molecule has 0 spiro atoms. The molecule has 0 amide bonds. The highest BCUT2D eigenvalue weighted by Crippen LogP contribution is 2.25. The van der Waals surface area contributed by atoms with Gasteiger partial charge in [0.2, 0.25) is 0 Å². The first-order valence-corrected chi connectivity index (χ1v) is 7.65. The number of H-pyrrole nitrogens is 1. The summed E-state index contributed by atoms with van der Waals surface area (Å²) in [4.78, 5) is 21.4. The maximum absolute atomic E-state index is 12.1. The first kappa shape index (κ1) is 15.2. The number of thiophene rings is 1. The highest BCUT2D eigenvalue weighted by Gasteiger charge is 2.11. The van der Waals surface area contributed by atoms with Crippen molar-refractivity contribution in [3.8, 4) is 0 Å². The molecule has 0 aromatic carbocycles. The Bertz CT molecular complexity index is 648. The van der Waals surface area contributed by atoms with Crippen molar-refractivity contribution in [1.29, 1.82) is 0 Å². The second-order valence-corrected chi connectivity index (χ2v) is 6.43. The van der Waals surface area contributed by atoms with E-state index in [1.54, 1.807) is 11.3 Å². The molecule has 0 radical (unpaired) electrons. The highest BCUT2D eigenvalue weighted by molar-refractivity contribution is 7.18. The molecule has 110 valence electrons. The van der Waals surface area contributed by atoms with E-state index in [1.165, 1.54) is 0 Å². The molecular formula is C14H21N3O2S. The molecule has 2 rings (SSSR count). The SMILES string of the molecule is Cc1sc2nc(CNCC(C)CCO)[nH]c(=O)c2c1C. The Labute approximate surface area is 122 Å². The molecule has 3 N–H and O–H groups in total. The van der Waals surface area contributed by atoms with Crippen LogP contribution in [0.3, 0.4) is 0 Å². The number of hydrogen-bond donors (Lipinski definition) is 3. The molecule has 1 atom stereocenters. The van der Waals surface area contributed by atoms with Gasteiger partial charge in [-0.05, 0) is 38.3 Å². The Morgan fingerprint density at radius 2 is 2.20 bits per heavy atom. The van der Waals surface area contributed by atoms with Gasteiger partial charge in [-0.25, -0.2) is 4.98 Å². The number of aromatic amines is 1. The number of nitrogens with zero attached hydrogens (tertiary/aromatic N) is 1. The van der Waals surface area contributed by atoms with Crippen molar-refractivity contribution in [2.75, 3.05) is 13.2 Å². The van der Waals surface area contributed by atoms with E-state index in [4.69, 9.17) is 5.11 Å². The number of aliphatic hydroxyl groups is 1. The highest BCUT2D eigenvalue weighted by atomic mass is 32.1. The van der Waals surface area contributed by atoms with Gasteiger partial charge in [-0.1, -0.05) is 6.92 Å². The summed E-state index contributed by atoms with van der Waals surface area (Å²) in [5.41, 5.74) is 0.965. The molecule has 2 aromatic heterocycles. The average Bonchev–Trinajstić information content (AvgIpc) is 2.65. The zero-order valence-electron chi connectivity index (χ0n) is 12.1. The van der Waals surface area contributed by atoms with Crippen LogP contribution in [-0.4, -0.2) is 28.2 Å². The monoisotopic (exact) mass is 295 g/mol. The van der Waals surface area contributed by atoms with Gasteiger partial charge < -0.3 is 15.4 Å². The largest absolute Gasteiger partial charge is 0.396 e. The average molecular weight is 295 g/mol. The van der Waals surface area contributed by atoms with Gasteiger partial charge in [0.05, 0.1) is 11.9 Å². The van der Waals surface area contributed by atoms with Gasteiger partial charge in [-0.15, -0.1) is 11.3 Å². The van der Waals surface area contributed by atoms with Crippen molar-refractivity contribution in [1.82, 2.24) is 15.3 Å². The van der Waals surface area contributed by atoms with Crippen LogP contribution >= 0.6 is 11.3 Å². The smallest absolute Gasteiger partial charge is 0.259 e. The van der Waals surface area contributed by atoms with Crippen molar-refractivity contribution in [3.05, 3.63) is 26.6 Å². The molecule has 6 heteroatoms. The van der Waals surface area contributed by atoms with E-state index in [-0.39, 0.29) is 12.2 Å². The van der Waals surface area contributed by atoms with Gasteiger partial charge in [0.15, 0.2) is 0 Å². The third-order valence-electron chi connectivity index (χ3n) is 3.50. The molecular weight excluding hydrogens is 274 g/mol. The van der Waals surface area contributed by atoms with Gasteiger partial charge in [0.1, 0.15) is 10.7 Å². The fourth-order valence-corrected chi connectivity index (χ4v) is 3.19. The summed E-state index contributed by atoms with van der Waals surface area (Å²) < 4.78 is 0. The van der Waals surface area contributed by atoms with E-state index in [0.29, 0.717) is 23.7 Å². The standard InChI is InChI=1S/C14H21N3O2S/c1-8(4-5-18)6-15-7-11-16-13(19)12-9(2)10(3)20-14(12)17-11/h8,15,18H,4-7H2,1-3H3,(H,16,17,19). The lowest BCUT2D eigenvalue weighted by Crippen LogP contribution is -2.24. The predicted molar refractivity (Wildman–Crippen MR) is 82.3 cm³/mol. The number of aromatic nitrogens is 2. The Hall–Kier alpha value is -1.24. The molecule has 2 heterocycles. The number of fused-ring (bicyclic) bond motifs is 1. The lowest BCUT2D eigenvalue weighted by atomic mass is 10.1. The Morgan fingerprint density at radius 3 is 2.90 bits per heavy atom. The summed E-state index contributed by atoms with van der Waals surface area (Å²) >= 11 is 1.56. The minimum atomic E-state index is -0.0583. The summed E-state index contributed by atoms with van der Waals surface area (Å²) in [5.74, 6) is 1.07. The molecule has 0 fully saturated rings. The van der Waals surface area contributed by atoms with Gasteiger partial charge in [-0.3, -0.25) is 4.79 Å². The molecule has 5 nitrogen and oxygen atoms in total. The normalized spacial score (nSPS) is 13.0. The Balaban J connectivity index is 2.10. The molecule has 2 aromatic rings. The Kier molecular flexibility index (Phi) is 4.91. The van der Waals surface area contributed by atoms with Crippen LogP contribution in [0, 0.1) is 19.8 Å². The lowest BCUT2D eigenvalue weighted by molar-refractivity contribution is 0.260. The van der Waals surface area contributed by atoms with Crippen molar-refractivity contribution in [2.24, 2.45) is 5.92 Å². The molecule has 1 unspecified atom stereocenters. The summed E-state index contributed by atoms with van der Waals surface area (Å²) in [7, 11) is 0. The van der Waals surface area contributed by atoms with Crippen molar-refractivity contribution >= 4 is 21.6 Å². The van der Waals surface area contributed by atoms with Crippen LogP contribution in [0.1, 0.15) is 29.6 Å². The second kappa shape index (κ2) is 6.47. The molecule has 20 heavy (non-hydrogen) atoms. The van der Waals surface area contributed by atoms with E-state index >= 15 is 0 Å². The molecule has 0 aliphatic carbocycles. The third kappa shape index (κ3) is 3.26. The minimum absolute atomic E-state index is 0.0583. The van der Waals surface area contributed by atoms with Crippen molar-refractivity contribution < 1.29 is 5.11 Å². The fourth-order valence-electron chi connectivity index (χ4n) is 2.14. The first-order chi connectivity index (χ1) is 9.52. The first-order valence-electron chi connectivity index (χ1n) is 6.83. The summed E-state index contributed by atoms with van der Waals surface area (Å²) in [6.07, 6.45) is 0.777. The minimum Gasteiger partial charge on any atom is -0.396 e. The van der Waals surface area contributed by atoms with E-state index in [0.717, 1.165) is 28.2 Å². The van der Waals surface area contributed by atoms with Crippen LogP contribution in [0.5, 0.6) is 0 Å². The molecule has 0 aliphatic rings. The topological polar surface area (TPSA) is 78.0 Å². The van der Waals surface area contributed by atoms with Gasteiger partial charge in [0.25, 0.3) is 5.56 Å². The summed E-state index contributed by atoms with van der Waals surface area (Å²) in [6.45, 7) is 7.59. The van der Waals surface area contributed by atoms with Crippen molar-refractivity contribution in [2.45, 2.75) is 33.7 Å². The quantitative estimate of drug-likeness (QED) is 0.758. The van der Waals surface area contributed by atoms with Crippen LogP contribution in [0.15, 0.2) is 4.79 Å². The third-order valence-corrected chi connectivity index (χ3v) is 4.60. The number of aryl methyl sites for hydroxylation is 2. The zero-order chi connectivity index (χ0) is 14.7. The lowest BCUT2D eigenvalue weighted by Gasteiger charge is -2.10. The molecule has 0 aliphatic heterocycles. The molecule has 0 bridgehead atoms. The van der Waals surface area contributed by atoms with Crippen LogP contribution in [0.4, 0.5) is 0 Å². The predicted octanol–water partition coefficient (Wildman–Crippen LogP) is 1.71. The van der Waals surface area contributed by atoms with Crippen LogP contribution in [0.25, 0.3) is 10.2 Å². The Morgan fingerprint density at radius 1 is 1.45 bits per heavy atom. The van der Waals surface area contributed by atoms with Gasteiger partial charge in [-0.2, -0.15) is 0 Å². The fraction of sp³-hybridized carbons (Fsp3) is 0.571. The maximum Gasteiger partial charge on any atom is 0.259 e. The van der Waals surface area contributed by atoms with Crippen LogP contribution in [-0.2, 0) is 6.54 Å². The maximum atomic E-state index is 12.1. The molecule has 0 saturated carbocycles.